The number of benzene rings is 2. The van der Waals surface area contributed by atoms with Gasteiger partial charge in [-0.1, -0.05) is 30.3 Å². The summed E-state index contributed by atoms with van der Waals surface area (Å²) in [4.78, 5) is 24.6. The molecule has 2 aromatic carbocycles. The van der Waals surface area contributed by atoms with Crippen molar-refractivity contribution < 1.29 is 46.8 Å². The molecule has 0 aliphatic carbocycles. The summed E-state index contributed by atoms with van der Waals surface area (Å²) in [6, 6.07) is 12.8. The number of hydrogen-bond donors (Lipinski definition) is 2. The molecule has 0 bridgehead atoms. The molecule has 44 heavy (non-hydrogen) atoms. The minimum absolute atomic E-state index is 0.0120. The molecule has 12 nitrogen and oxygen atoms in total. The van der Waals surface area contributed by atoms with Gasteiger partial charge in [-0.3, -0.25) is 0 Å². The molecule has 3 aliphatic heterocycles. The monoisotopic (exact) mass is 632 g/mol. The van der Waals surface area contributed by atoms with E-state index in [1.807, 2.05) is 30.3 Å². The van der Waals surface area contributed by atoms with Crippen LogP contribution in [0.5, 0.6) is 11.5 Å². The third-order valence-electron chi connectivity index (χ3n) is 8.04. The minimum Gasteiger partial charge on any atom is -0.486 e. The van der Waals surface area contributed by atoms with Gasteiger partial charge < -0.3 is 38.9 Å². The van der Waals surface area contributed by atoms with Gasteiger partial charge in [0.15, 0.2) is 17.8 Å². The summed E-state index contributed by atoms with van der Waals surface area (Å²) in [6.45, 7) is 2.67. The van der Waals surface area contributed by atoms with E-state index in [1.165, 1.54) is 23.4 Å². The number of unbranched alkanes of at least 4 members (excludes halogenated alkanes) is 1. The first-order valence-electron chi connectivity index (χ1n) is 15.0. The lowest BCUT2D eigenvalue weighted by atomic mass is 10.0. The number of ether oxygens (including phenoxy) is 5. The molecule has 2 fully saturated rings. The van der Waals surface area contributed by atoms with E-state index in [1.54, 1.807) is 6.07 Å². The van der Waals surface area contributed by atoms with E-state index in [2.05, 4.69) is 5.32 Å². The van der Waals surface area contributed by atoms with Crippen molar-refractivity contribution in [3.8, 4) is 11.5 Å². The van der Waals surface area contributed by atoms with Crippen LogP contribution in [-0.2, 0) is 35.4 Å². The highest BCUT2D eigenvalue weighted by Gasteiger charge is 2.44. The number of nitrogens with zero attached hydrogens (tertiary/aromatic N) is 1. The number of fused-ring (bicyclic) bond motifs is 2. The van der Waals surface area contributed by atoms with Crippen LogP contribution >= 0.6 is 0 Å². The molecule has 3 aliphatic rings. The number of nitrogens with one attached hydrogen (secondary N) is 1. The molecule has 4 unspecified atom stereocenters. The smallest absolute Gasteiger partial charge is 0.407 e. The summed E-state index contributed by atoms with van der Waals surface area (Å²) in [5.41, 5.74) is 0.841. The molecule has 5 atom stereocenters. The maximum Gasteiger partial charge on any atom is 0.407 e. The summed E-state index contributed by atoms with van der Waals surface area (Å²) < 4.78 is 57.0. The Hall–Kier alpha value is -3.23. The number of hydrogen-bond acceptors (Lipinski definition) is 10. The Bertz CT molecular complexity index is 1390. The van der Waals surface area contributed by atoms with Crippen molar-refractivity contribution in [2.24, 2.45) is 5.92 Å². The van der Waals surface area contributed by atoms with E-state index in [0.717, 1.165) is 12.0 Å². The van der Waals surface area contributed by atoms with Crippen LogP contribution < -0.4 is 14.8 Å². The van der Waals surface area contributed by atoms with Crippen molar-refractivity contribution in [2.75, 3.05) is 39.5 Å². The Labute approximate surface area is 257 Å². The van der Waals surface area contributed by atoms with Gasteiger partial charge in [0.05, 0.1) is 36.2 Å². The maximum atomic E-state index is 13.9. The number of alkyl carbamates (subject to hydrolysis) is 1. The van der Waals surface area contributed by atoms with Crippen LogP contribution in [0.2, 0.25) is 0 Å². The van der Waals surface area contributed by atoms with Crippen molar-refractivity contribution in [3.05, 3.63) is 54.1 Å². The summed E-state index contributed by atoms with van der Waals surface area (Å²) in [7, 11) is -4.12. The van der Waals surface area contributed by atoms with Gasteiger partial charge in [-0.25, -0.2) is 13.2 Å². The molecule has 2 saturated heterocycles. The van der Waals surface area contributed by atoms with Crippen LogP contribution in [0.15, 0.2) is 53.4 Å². The van der Waals surface area contributed by atoms with Gasteiger partial charge in [0.2, 0.25) is 10.0 Å². The molecular weight excluding hydrogens is 592 g/mol. The lowest BCUT2D eigenvalue weighted by molar-refractivity contribution is -0.117. The van der Waals surface area contributed by atoms with Crippen LogP contribution in [0.1, 0.15) is 38.2 Å². The standard InChI is InChI=1S/C31H40N2O10S/c1-21(34)7-5-6-13-33(44(37,38)23-10-11-27-28(18-23)40-16-15-39-27)19-26(35)25(17-22-8-3-2-4-9-22)32-31(36)43-29-20-42-30-24(29)12-14-41-30/h2-4,8-11,18,24-26,29-30,35H,5-7,12-17,19-20H2,1H3,(H,32,36)/t24?,25-,26?,29?,30?/m0/s1. The van der Waals surface area contributed by atoms with E-state index in [0.29, 0.717) is 50.6 Å². The third kappa shape index (κ3) is 8.07. The number of Topliss-reactive ketones (excluding diaryl/α,β-unsaturated/α-hetero) is 1. The van der Waals surface area contributed by atoms with Crippen molar-refractivity contribution in [1.29, 1.82) is 0 Å². The first-order valence-corrected chi connectivity index (χ1v) is 16.5. The number of sulfonamides is 1. The van der Waals surface area contributed by atoms with E-state index in [4.69, 9.17) is 23.7 Å². The van der Waals surface area contributed by atoms with Crippen molar-refractivity contribution in [3.63, 3.8) is 0 Å². The lowest BCUT2D eigenvalue weighted by Crippen LogP contribution is -2.51. The van der Waals surface area contributed by atoms with Crippen LogP contribution in [-0.4, -0.2) is 93.8 Å². The zero-order chi connectivity index (χ0) is 31.1. The fourth-order valence-corrected chi connectivity index (χ4v) is 7.18. The number of carbonyl (C=O) groups excluding carboxylic acids is 2. The zero-order valence-electron chi connectivity index (χ0n) is 24.8. The fourth-order valence-electron chi connectivity index (χ4n) is 5.66. The Morgan fingerprint density at radius 2 is 1.82 bits per heavy atom. The van der Waals surface area contributed by atoms with Crippen molar-refractivity contribution in [1.82, 2.24) is 9.62 Å². The second-order valence-electron chi connectivity index (χ2n) is 11.3. The normalized spacial score (nSPS) is 22.3. The molecule has 0 spiro atoms. The number of rotatable bonds is 14. The number of carbonyl (C=O) groups is 2. The quantitative estimate of drug-likeness (QED) is 0.298. The first kappa shape index (κ1) is 32.2. The molecule has 1 amide bonds. The molecule has 2 aromatic rings. The fraction of sp³-hybridized carbons (Fsp3) is 0.548. The van der Waals surface area contributed by atoms with Gasteiger partial charge in [-0.05, 0) is 50.3 Å². The summed E-state index contributed by atoms with van der Waals surface area (Å²) >= 11 is 0. The molecule has 0 radical (unpaired) electrons. The number of ketones is 1. The Morgan fingerprint density at radius 3 is 2.59 bits per heavy atom. The van der Waals surface area contributed by atoms with Crippen LogP contribution in [0.4, 0.5) is 4.79 Å². The van der Waals surface area contributed by atoms with E-state index in [-0.39, 0.29) is 49.0 Å². The predicted molar refractivity (Wildman–Crippen MR) is 158 cm³/mol. The summed E-state index contributed by atoms with van der Waals surface area (Å²) in [5, 5.41) is 14.3. The average Bonchev–Trinajstić information content (AvgIpc) is 3.63. The SMILES string of the molecule is CC(=O)CCCCN(CC(O)[C@H](Cc1ccccc1)NC(=O)OC1COC2OCCC12)S(=O)(=O)c1ccc2c(c1)OCCO2. The van der Waals surface area contributed by atoms with Crippen LogP contribution in [0.3, 0.4) is 0 Å². The molecule has 3 heterocycles. The molecule has 13 heteroatoms. The maximum absolute atomic E-state index is 13.9. The van der Waals surface area contributed by atoms with E-state index in [9.17, 15) is 23.1 Å². The topological polar surface area (TPSA) is 150 Å². The highest BCUT2D eigenvalue weighted by atomic mass is 32.2. The number of amides is 1. The van der Waals surface area contributed by atoms with Gasteiger partial charge in [-0.2, -0.15) is 4.31 Å². The molecule has 5 rings (SSSR count). The van der Waals surface area contributed by atoms with Gasteiger partial charge in [0, 0.05) is 25.6 Å². The van der Waals surface area contributed by atoms with Crippen LogP contribution in [0, 0.1) is 5.92 Å². The van der Waals surface area contributed by atoms with Crippen molar-refractivity contribution >= 4 is 21.9 Å². The largest absolute Gasteiger partial charge is 0.486 e. The van der Waals surface area contributed by atoms with Gasteiger partial charge in [0.25, 0.3) is 0 Å². The number of aliphatic hydroxyl groups excluding tert-OH is 1. The van der Waals surface area contributed by atoms with Gasteiger partial charge >= 0.3 is 6.09 Å². The first-order chi connectivity index (χ1) is 21.2. The van der Waals surface area contributed by atoms with Crippen molar-refractivity contribution in [2.45, 2.75) is 68.5 Å². The molecule has 0 saturated carbocycles. The highest BCUT2D eigenvalue weighted by Crippen LogP contribution is 2.34. The van der Waals surface area contributed by atoms with Crippen LogP contribution in [0.25, 0.3) is 0 Å². The van der Waals surface area contributed by atoms with E-state index < -0.39 is 34.4 Å². The molecular formula is C31H40N2O10S. The Kier molecular flexibility index (Phi) is 10.7. The number of aliphatic hydroxyl groups is 1. The average molecular weight is 633 g/mol. The molecule has 2 N–H and O–H groups in total. The predicted octanol–water partition coefficient (Wildman–Crippen LogP) is 2.67. The molecule has 240 valence electrons. The summed E-state index contributed by atoms with van der Waals surface area (Å²) in [5.74, 6) is 0.739. The van der Waals surface area contributed by atoms with E-state index >= 15 is 0 Å². The summed E-state index contributed by atoms with van der Waals surface area (Å²) in [6.07, 6.45) is -0.731. The van der Waals surface area contributed by atoms with Gasteiger partial charge in [0.1, 0.15) is 25.1 Å². The Morgan fingerprint density at radius 1 is 1.05 bits per heavy atom. The lowest BCUT2D eigenvalue weighted by Gasteiger charge is -2.30. The third-order valence-corrected chi connectivity index (χ3v) is 9.90. The highest BCUT2D eigenvalue weighted by molar-refractivity contribution is 7.89. The zero-order valence-corrected chi connectivity index (χ0v) is 25.6. The van der Waals surface area contributed by atoms with Gasteiger partial charge in [-0.15, -0.1) is 0 Å². The second-order valence-corrected chi connectivity index (χ2v) is 13.2. The Balaban J connectivity index is 1.33. The minimum atomic E-state index is -4.12. The second kappa shape index (κ2) is 14.7. The molecule has 0 aromatic heterocycles.